The van der Waals surface area contributed by atoms with Gasteiger partial charge in [-0.3, -0.25) is 0 Å². The van der Waals surface area contributed by atoms with E-state index in [2.05, 4.69) is 24.3 Å². The molecule has 0 saturated carbocycles. The van der Waals surface area contributed by atoms with Crippen LogP contribution in [0.5, 0.6) is 0 Å². The van der Waals surface area contributed by atoms with E-state index < -0.39 is 10.0 Å². The van der Waals surface area contributed by atoms with E-state index in [-0.39, 0.29) is 0 Å². The zero-order valence-corrected chi connectivity index (χ0v) is 16.4. The topological polar surface area (TPSA) is 68.9 Å². The quantitative estimate of drug-likeness (QED) is 0.778. The molecule has 0 bridgehead atoms. The van der Waals surface area contributed by atoms with Crippen LogP contribution in [0.3, 0.4) is 0 Å². The lowest BCUT2D eigenvalue weighted by molar-refractivity contribution is -0.917. The van der Waals surface area contributed by atoms with Gasteiger partial charge in [0.15, 0.2) is 6.67 Å². The molecule has 7 nitrogen and oxygen atoms in total. The van der Waals surface area contributed by atoms with Crippen molar-refractivity contribution in [3.8, 4) is 0 Å². The highest BCUT2D eigenvalue weighted by Gasteiger charge is 2.32. The minimum atomic E-state index is -3.54. The van der Waals surface area contributed by atoms with Crippen molar-refractivity contribution in [1.82, 2.24) is 14.1 Å². The molecular weight excluding hydrogens is 352 g/mol. The van der Waals surface area contributed by atoms with Crippen LogP contribution in [0, 0.1) is 13.8 Å². The molecule has 1 aromatic heterocycles. The van der Waals surface area contributed by atoms with Crippen molar-refractivity contribution in [3.63, 3.8) is 0 Å². The Hall–Kier alpha value is -1.74. The maximum Gasteiger partial charge on any atom is 0.246 e. The van der Waals surface area contributed by atoms with Crippen molar-refractivity contribution in [2.45, 2.75) is 32.0 Å². The van der Waals surface area contributed by atoms with Gasteiger partial charge in [0.2, 0.25) is 10.0 Å². The van der Waals surface area contributed by atoms with Crippen LogP contribution in [0.15, 0.2) is 35.2 Å². The van der Waals surface area contributed by atoms with E-state index in [1.807, 2.05) is 25.1 Å². The maximum atomic E-state index is 13.0. The first-order chi connectivity index (χ1) is 12.4. The number of morpholine rings is 1. The summed E-state index contributed by atoms with van der Waals surface area (Å²) in [7, 11) is -1.45. The number of nitrogens with one attached hydrogen (secondary N) is 1. The second-order valence-corrected chi connectivity index (χ2v) is 8.67. The fourth-order valence-corrected chi connectivity index (χ4v) is 5.16. The first-order valence-electron chi connectivity index (χ1n) is 8.86. The first kappa shape index (κ1) is 19.0. The minimum Gasteiger partial charge on any atom is -0.379 e. The molecule has 1 aliphatic heterocycles. The summed E-state index contributed by atoms with van der Waals surface area (Å²) >= 11 is 0. The second kappa shape index (κ2) is 7.87. The van der Waals surface area contributed by atoms with Gasteiger partial charge in [0.25, 0.3) is 0 Å². The van der Waals surface area contributed by atoms with Crippen molar-refractivity contribution in [2.24, 2.45) is 0 Å². The third kappa shape index (κ3) is 3.98. The predicted octanol–water partition coefficient (Wildman–Crippen LogP) is 0.193. The van der Waals surface area contributed by atoms with Crippen LogP contribution < -0.4 is 4.90 Å². The molecule has 1 atom stereocenters. The van der Waals surface area contributed by atoms with E-state index in [0.29, 0.717) is 49.3 Å². The van der Waals surface area contributed by atoms with Gasteiger partial charge in [0, 0.05) is 18.7 Å². The molecule has 0 spiro atoms. The number of benzene rings is 1. The van der Waals surface area contributed by atoms with Crippen molar-refractivity contribution in [3.05, 3.63) is 47.3 Å². The summed E-state index contributed by atoms with van der Waals surface area (Å²) < 4.78 is 34.6. The standard InChI is InChI=1S/C18H26N4O3S/c1-15-18(26(23,24)21-9-11-25-12-10-21)16(2)22(19-15)14-20(3)13-17-7-5-4-6-8-17/h4-8H,9-14H2,1-3H3/p+1. The van der Waals surface area contributed by atoms with Gasteiger partial charge >= 0.3 is 0 Å². The van der Waals surface area contributed by atoms with Crippen LogP contribution in [-0.2, 0) is 28.0 Å². The van der Waals surface area contributed by atoms with Gasteiger partial charge in [-0.1, -0.05) is 30.3 Å². The van der Waals surface area contributed by atoms with Crippen LogP contribution in [0.25, 0.3) is 0 Å². The molecular formula is C18H27N4O3S+. The van der Waals surface area contributed by atoms with Crippen molar-refractivity contribution in [1.29, 1.82) is 0 Å². The molecule has 0 radical (unpaired) electrons. The van der Waals surface area contributed by atoms with Gasteiger partial charge in [-0.2, -0.15) is 9.40 Å². The number of quaternary nitrogens is 1. The minimum absolute atomic E-state index is 0.340. The first-order valence-corrected chi connectivity index (χ1v) is 10.3. The molecule has 2 aromatic rings. The van der Waals surface area contributed by atoms with Crippen LogP contribution in [0.4, 0.5) is 0 Å². The Balaban J connectivity index is 1.79. The molecule has 1 aromatic carbocycles. The summed E-state index contributed by atoms with van der Waals surface area (Å²) in [6.45, 7) is 6.74. The summed E-state index contributed by atoms with van der Waals surface area (Å²) in [6, 6.07) is 10.2. The molecule has 1 fully saturated rings. The summed E-state index contributed by atoms with van der Waals surface area (Å²) in [5.41, 5.74) is 2.50. The maximum absolute atomic E-state index is 13.0. The summed E-state index contributed by atoms with van der Waals surface area (Å²) in [6.07, 6.45) is 0. The summed E-state index contributed by atoms with van der Waals surface area (Å²) in [5.74, 6) is 0. The summed E-state index contributed by atoms with van der Waals surface area (Å²) in [4.78, 5) is 1.57. The Morgan fingerprint density at radius 2 is 1.81 bits per heavy atom. The predicted molar refractivity (Wildman–Crippen MR) is 98.3 cm³/mol. The van der Waals surface area contributed by atoms with E-state index in [4.69, 9.17) is 4.74 Å². The molecule has 0 amide bonds. The van der Waals surface area contributed by atoms with Gasteiger partial charge in [0.05, 0.1) is 31.6 Å². The van der Waals surface area contributed by atoms with Gasteiger partial charge in [-0.05, 0) is 13.8 Å². The van der Waals surface area contributed by atoms with Crippen LogP contribution >= 0.6 is 0 Å². The Bertz CT molecular complexity index is 843. The van der Waals surface area contributed by atoms with Crippen molar-refractivity contribution < 1.29 is 18.1 Å². The van der Waals surface area contributed by atoms with Gasteiger partial charge < -0.3 is 9.64 Å². The number of rotatable bonds is 6. The molecule has 0 aliphatic carbocycles. The Morgan fingerprint density at radius 1 is 1.15 bits per heavy atom. The molecule has 142 valence electrons. The fourth-order valence-electron chi connectivity index (χ4n) is 3.38. The molecule has 3 rings (SSSR count). The van der Waals surface area contributed by atoms with Gasteiger partial charge in [-0.25, -0.2) is 13.1 Å². The second-order valence-electron chi connectivity index (χ2n) is 6.79. The van der Waals surface area contributed by atoms with Crippen molar-refractivity contribution in [2.75, 3.05) is 33.4 Å². The Morgan fingerprint density at radius 3 is 2.46 bits per heavy atom. The Kier molecular flexibility index (Phi) is 5.76. The van der Waals surface area contributed by atoms with E-state index in [1.165, 1.54) is 14.8 Å². The Labute approximate surface area is 155 Å². The number of aromatic nitrogens is 2. The highest BCUT2D eigenvalue weighted by Crippen LogP contribution is 2.23. The third-order valence-electron chi connectivity index (χ3n) is 4.65. The zero-order chi connectivity index (χ0) is 18.7. The monoisotopic (exact) mass is 379 g/mol. The fraction of sp³-hybridized carbons (Fsp3) is 0.500. The van der Waals surface area contributed by atoms with Crippen LogP contribution in [0.2, 0.25) is 0 Å². The number of nitrogens with zero attached hydrogens (tertiary/aromatic N) is 3. The SMILES string of the molecule is Cc1nn(C[NH+](C)Cc2ccccc2)c(C)c1S(=O)(=O)N1CCOCC1. The smallest absolute Gasteiger partial charge is 0.246 e. The highest BCUT2D eigenvalue weighted by atomic mass is 32.2. The zero-order valence-electron chi connectivity index (χ0n) is 15.6. The van der Waals surface area contributed by atoms with E-state index >= 15 is 0 Å². The number of hydrogen-bond donors (Lipinski definition) is 1. The molecule has 26 heavy (non-hydrogen) atoms. The van der Waals surface area contributed by atoms with E-state index in [9.17, 15) is 8.42 Å². The lowest BCUT2D eigenvalue weighted by atomic mass is 10.2. The van der Waals surface area contributed by atoms with E-state index in [1.54, 1.807) is 11.6 Å². The molecule has 1 aliphatic rings. The van der Waals surface area contributed by atoms with E-state index in [0.717, 1.165) is 6.54 Å². The average molecular weight is 380 g/mol. The molecule has 1 N–H and O–H groups in total. The number of sulfonamides is 1. The van der Waals surface area contributed by atoms with Crippen molar-refractivity contribution >= 4 is 10.0 Å². The lowest BCUT2D eigenvalue weighted by Gasteiger charge is -2.26. The number of hydrogen-bond acceptors (Lipinski definition) is 4. The third-order valence-corrected chi connectivity index (χ3v) is 6.80. The lowest BCUT2D eigenvalue weighted by Crippen LogP contribution is -3.07. The normalized spacial score (nSPS) is 17.3. The molecule has 1 unspecified atom stereocenters. The van der Waals surface area contributed by atoms with Gasteiger partial charge in [-0.15, -0.1) is 0 Å². The number of aryl methyl sites for hydroxylation is 1. The molecule has 8 heteroatoms. The van der Waals surface area contributed by atoms with Crippen LogP contribution in [-0.4, -0.2) is 55.9 Å². The van der Waals surface area contributed by atoms with Gasteiger partial charge in [0.1, 0.15) is 11.4 Å². The highest BCUT2D eigenvalue weighted by molar-refractivity contribution is 7.89. The molecule has 1 saturated heterocycles. The number of ether oxygens (including phenoxy) is 1. The molecule has 2 heterocycles. The average Bonchev–Trinajstić information content (AvgIpc) is 2.90. The van der Waals surface area contributed by atoms with Crippen LogP contribution in [0.1, 0.15) is 17.0 Å². The largest absolute Gasteiger partial charge is 0.379 e. The summed E-state index contributed by atoms with van der Waals surface area (Å²) in [5, 5.41) is 4.51.